The lowest BCUT2D eigenvalue weighted by molar-refractivity contribution is 0.0737. The minimum absolute atomic E-state index is 0.0193. The first kappa shape index (κ1) is 23.1. The second-order valence-corrected chi connectivity index (χ2v) is 10.7. The van der Waals surface area contributed by atoms with Crippen molar-refractivity contribution in [3.8, 4) is 5.75 Å². The Bertz CT molecular complexity index is 1210. The highest BCUT2D eigenvalue weighted by atomic mass is 32.1. The molecule has 1 amide bonds. The fraction of sp³-hybridized carbons (Fsp3) is 0.519. The average molecular weight is 480 g/mol. The molecule has 5 rings (SSSR count). The number of nitrogens with zero attached hydrogens (tertiary/aromatic N) is 3. The van der Waals surface area contributed by atoms with Gasteiger partial charge in [-0.25, -0.2) is 4.98 Å². The minimum Gasteiger partial charge on any atom is -0.494 e. The van der Waals surface area contributed by atoms with Gasteiger partial charge in [0.2, 0.25) is 0 Å². The van der Waals surface area contributed by atoms with Gasteiger partial charge in [0, 0.05) is 23.5 Å². The van der Waals surface area contributed by atoms with Crippen molar-refractivity contribution in [2.75, 3.05) is 13.2 Å². The van der Waals surface area contributed by atoms with Gasteiger partial charge in [0.25, 0.3) is 11.5 Å². The zero-order valence-corrected chi connectivity index (χ0v) is 20.7. The molecule has 1 aliphatic carbocycles. The quantitative estimate of drug-likeness (QED) is 0.425. The summed E-state index contributed by atoms with van der Waals surface area (Å²) in [5.41, 5.74) is 1.85. The van der Waals surface area contributed by atoms with E-state index in [1.165, 1.54) is 32.1 Å². The minimum atomic E-state index is 0.0193. The maximum Gasteiger partial charge on any atom is 0.262 e. The molecule has 1 fully saturated rings. The molecule has 34 heavy (non-hydrogen) atoms. The number of ether oxygens (including phenoxy) is 1. The Morgan fingerprint density at radius 2 is 1.97 bits per heavy atom. The van der Waals surface area contributed by atoms with Crippen LogP contribution in [0.1, 0.15) is 72.7 Å². The first-order chi connectivity index (χ1) is 16.6. The third-order valence-electron chi connectivity index (χ3n) is 7.16. The molecule has 1 aliphatic heterocycles. The van der Waals surface area contributed by atoms with Crippen molar-refractivity contribution in [3.63, 3.8) is 0 Å². The molecule has 0 unspecified atom stereocenters. The molecule has 2 aliphatic rings. The molecule has 1 aromatic carbocycles. The highest BCUT2D eigenvalue weighted by molar-refractivity contribution is 7.18. The van der Waals surface area contributed by atoms with Crippen molar-refractivity contribution in [1.82, 2.24) is 14.5 Å². The second kappa shape index (κ2) is 10.3. The van der Waals surface area contributed by atoms with E-state index in [2.05, 4.69) is 11.9 Å². The molecular weight excluding hydrogens is 446 g/mol. The van der Waals surface area contributed by atoms with E-state index in [-0.39, 0.29) is 11.5 Å². The van der Waals surface area contributed by atoms with Gasteiger partial charge >= 0.3 is 0 Å². The Morgan fingerprint density at radius 3 is 2.74 bits per heavy atom. The van der Waals surface area contributed by atoms with Crippen LogP contribution in [0.15, 0.2) is 35.4 Å². The van der Waals surface area contributed by atoms with Crippen LogP contribution in [-0.4, -0.2) is 33.5 Å². The first-order valence-electron chi connectivity index (χ1n) is 12.7. The molecule has 180 valence electrons. The lowest BCUT2D eigenvalue weighted by Gasteiger charge is -2.27. The van der Waals surface area contributed by atoms with Crippen LogP contribution in [0, 0.1) is 5.92 Å². The van der Waals surface area contributed by atoms with Gasteiger partial charge in [-0.15, -0.1) is 11.3 Å². The molecule has 6 nitrogen and oxygen atoms in total. The third kappa shape index (κ3) is 4.76. The highest BCUT2D eigenvalue weighted by Crippen LogP contribution is 2.33. The molecule has 0 radical (unpaired) electrons. The van der Waals surface area contributed by atoms with Crippen LogP contribution >= 0.6 is 11.3 Å². The van der Waals surface area contributed by atoms with Crippen molar-refractivity contribution >= 4 is 27.5 Å². The molecule has 3 aromatic rings. The van der Waals surface area contributed by atoms with E-state index in [4.69, 9.17) is 4.74 Å². The van der Waals surface area contributed by atoms with Crippen molar-refractivity contribution in [2.24, 2.45) is 5.92 Å². The summed E-state index contributed by atoms with van der Waals surface area (Å²) in [5.74, 6) is 1.40. The summed E-state index contributed by atoms with van der Waals surface area (Å²) in [6, 6.07) is 7.43. The lowest BCUT2D eigenvalue weighted by atomic mass is 9.89. The summed E-state index contributed by atoms with van der Waals surface area (Å²) < 4.78 is 7.54. The molecule has 3 heterocycles. The summed E-state index contributed by atoms with van der Waals surface area (Å²) in [6.45, 7) is 4.75. The molecule has 7 heteroatoms. The third-order valence-corrected chi connectivity index (χ3v) is 8.29. The highest BCUT2D eigenvalue weighted by Gasteiger charge is 2.27. The number of carbonyl (C=O) groups excluding carboxylic acids is 1. The summed E-state index contributed by atoms with van der Waals surface area (Å²) in [6.07, 6.45) is 10.8. The van der Waals surface area contributed by atoms with E-state index in [1.54, 1.807) is 17.7 Å². The van der Waals surface area contributed by atoms with Crippen molar-refractivity contribution in [3.05, 3.63) is 57.0 Å². The van der Waals surface area contributed by atoms with E-state index in [9.17, 15) is 9.59 Å². The number of aromatic nitrogens is 2. The average Bonchev–Trinajstić information content (AvgIpc) is 3.25. The largest absolute Gasteiger partial charge is 0.494 e. The standard InChI is InChI=1S/C27H33N3O3S/c1-2-3-15-33-21-11-9-20(10-12-21)26(31)29-14-13-22-23(17-29)34-25-24(22)27(32)30(18-28-25)16-19-7-5-4-6-8-19/h9-12,18-19H,2-8,13-17H2,1H3. The van der Waals surface area contributed by atoms with Crippen LogP contribution in [0.2, 0.25) is 0 Å². The van der Waals surface area contributed by atoms with Crippen LogP contribution < -0.4 is 10.3 Å². The summed E-state index contributed by atoms with van der Waals surface area (Å²) in [4.78, 5) is 34.9. The maximum absolute atomic E-state index is 13.3. The monoisotopic (exact) mass is 479 g/mol. The molecule has 0 bridgehead atoms. The second-order valence-electron chi connectivity index (χ2n) is 9.59. The summed E-state index contributed by atoms with van der Waals surface area (Å²) in [7, 11) is 0. The molecule has 0 atom stereocenters. The van der Waals surface area contributed by atoms with Crippen LogP contribution in [0.5, 0.6) is 5.75 Å². The Balaban J connectivity index is 1.31. The Morgan fingerprint density at radius 1 is 1.18 bits per heavy atom. The Hall–Kier alpha value is -2.67. The van der Waals surface area contributed by atoms with E-state index < -0.39 is 0 Å². The Kier molecular flexibility index (Phi) is 6.99. The predicted molar refractivity (Wildman–Crippen MR) is 136 cm³/mol. The van der Waals surface area contributed by atoms with E-state index >= 15 is 0 Å². The van der Waals surface area contributed by atoms with Gasteiger partial charge in [-0.3, -0.25) is 14.2 Å². The van der Waals surface area contributed by atoms with Gasteiger partial charge < -0.3 is 9.64 Å². The molecule has 0 saturated heterocycles. The van der Waals surface area contributed by atoms with Crippen LogP contribution in [0.25, 0.3) is 10.2 Å². The van der Waals surface area contributed by atoms with Crippen LogP contribution in [-0.2, 0) is 19.5 Å². The van der Waals surface area contributed by atoms with Gasteiger partial charge in [-0.05, 0) is 61.4 Å². The number of unbranched alkanes of at least 4 members (excludes halogenated alkanes) is 1. The molecule has 0 N–H and O–H groups in total. The zero-order valence-electron chi connectivity index (χ0n) is 19.9. The number of amides is 1. The Labute approximate surface area is 204 Å². The van der Waals surface area contributed by atoms with Crippen LogP contribution in [0.3, 0.4) is 0 Å². The normalized spacial score (nSPS) is 16.6. The van der Waals surface area contributed by atoms with E-state index in [0.717, 1.165) is 45.8 Å². The number of benzene rings is 1. The summed E-state index contributed by atoms with van der Waals surface area (Å²) in [5, 5.41) is 0.777. The van der Waals surface area contributed by atoms with Crippen molar-refractivity contribution in [1.29, 1.82) is 0 Å². The SMILES string of the molecule is CCCCOc1ccc(C(=O)N2CCc3c(sc4ncn(CC5CCCCC5)c(=O)c34)C2)cc1. The smallest absolute Gasteiger partial charge is 0.262 e. The van der Waals surface area contributed by atoms with Gasteiger partial charge in [0.05, 0.1) is 24.9 Å². The van der Waals surface area contributed by atoms with Crippen molar-refractivity contribution < 1.29 is 9.53 Å². The van der Waals surface area contributed by atoms with Crippen LogP contribution in [0.4, 0.5) is 0 Å². The zero-order chi connectivity index (χ0) is 23.5. The van der Waals surface area contributed by atoms with Gasteiger partial charge in [-0.1, -0.05) is 32.6 Å². The molecule has 1 saturated carbocycles. The maximum atomic E-state index is 13.3. The summed E-state index contributed by atoms with van der Waals surface area (Å²) >= 11 is 1.56. The lowest BCUT2D eigenvalue weighted by Crippen LogP contribution is -2.35. The fourth-order valence-electron chi connectivity index (χ4n) is 5.18. The van der Waals surface area contributed by atoms with Gasteiger partial charge in [0.1, 0.15) is 10.6 Å². The fourth-order valence-corrected chi connectivity index (χ4v) is 6.37. The molecule has 2 aromatic heterocycles. The first-order valence-corrected chi connectivity index (χ1v) is 13.5. The predicted octanol–water partition coefficient (Wildman–Crippen LogP) is 5.42. The number of thiophene rings is 1. The van der Waals surface area contributed by atoms with Gasteiger partial charge in [-0.2, -0.15) is 0 Å². The number of rotatable bonds is 7. The number of hydrogen-bond donors (Lipinski definition) is 0. The van der Waals surface area contributed by atoms with Crippen molar-refractivity contribution in [2.45, 2.75) is 71.4 Å². The number of fused-ring (bicyclic) bond motifs is 3. The molecular formula is C27H33N3O3S. The van der Waals surface area contributed by atoms with E-state index in [0.29, 0.717) is 37.6 Å². The van der Waals surface area contributed by atoms with Gasteiger partial charge in [0.15, 0.2) is 0 Å². The number of carbonyl (C=O) groups is 1. The molecule has 0 spiro atoms. The van der Waals surface area contributed by atoms with E-state index in [1.807, 2.05) is 33.7 Å². The number of hydrogen-bond acceptors (Lipinski definition) is 5. The topological polar surface area (TPSA) is 64.4 Å².